The van der Waals surface area contributed by atoms with Crippen molar-refractivity contribution in [2.24, 2.45) is 0 Å². The maximum atomic E-state index is 5.60. The minimum absolute atomic E-state index is 0.720. The quantitative estimate of drug-likeness (QED) is 0.577. The van der Waals surface area contributed by atoms with Crippen molar-refractivity contribution in [1.29, 1.82) is 0 Å². The van der Waals surface area contributed by atoms with Crippen LogP contribution >= 0.6 is 11.6 Å². The molecule has 0 aliphatic carbocycles. The molecule has 0 bridgehead atoms. The summed E-state index contributed by atoms with van der Waals surface area (Å²) in [7, 11) is 0. The first-order valence-corrected chi connectivity index (χ1v) is 5.14. The van der Waals surface area contributed by atoms with Gasteiger partial charge in [0.2, 0.25) is 0 Å². The summed E-state index contributed by atoms with van der Waals surface area (Å²) in [6.07, 6.45) is 1.01. The van der Waals surface area contributed by atoms with E-state index in [1.807, 2.05) is 0 Å². The predicted octanol–water partition coefficient (Wildman–Crippen LogP) is 3.34. The highest BCUT2D eigenvalue weighted by molar-refractivity contribution is 6.17. The highest BCUT2D eigenvalue weighted by atomic mass is 35.5. The number of aryl methyl sites for hydroxylation is 2. The number of hydrogen-bond donors (Lipinski definition) is 1. The highest BCUT2D eigenvalue weighted by Crippen LogP contribution is 2.15. The Bertz CT molecular complexity index is 271. The Hall–Kier alpha value is -0.690. The second-order valence-electron chi connectivity index (χ2n) is 3.29. The van der Waals surface area contributed by atoms with E-state index in [9.17, 15) is 0 Å². The van der Waals surface area contributed by atoms with Crippen molar-refractivity contribution < 1.29 is 0 Å². The van der Waals surface area contributed by atoms with Gasteiger partial charge in [-0.15, -0.1) is 11.6 Å². The van der Waals surface area contributed by atoms with Crippen LogP contribution in [0.4, 0.5) is 5.69 Å². The molecule has 72 valence electrons. The summed E-state index contributed by atoms with van der Waals surface area (Å²) in [6.45, 7) is 5.17. The molecule has 0 amide bonds. The van der Waals surface area contributed by atoms with E-state index in [4.69, 9.17) is 11.6 Å². The smallest absolute Gasteiger partial charge is 0.0372 e. The fourth-order valence-electron chi connectivity index (χ4n) is 1.22. The second-order valence-corrected chi connectivity index (χ2v) is 3.67. The Morgan fingerprint density at radius 1 is 1.31 bits per heavy atom. The Kier molecular flexibility index (Phi) is 4.10. The Balaban J connectivity index is 2.59. The average Bonchev–Trinajstić information content (AvgIpc) is 2.11. The lowest BCUT2D eigenvalue weighted by Gasteiger charge is -2.09. The van der Waals surface area contributed by atoms with Gasteiger partial charge < -0.3 is 5.32 Å². The summed E-state index contributed by atoms with van der Waals surface area (Å²) in [5.41, 5.74) is 3.81. The molecule has 1 N–H and O–H groups in total. The Morgan fingerprint density at radius 2 is 2.08 bits per heavy atom. The van der Waals surface area contributed by atoms with Crippen LogP contribution in [0.15, 0.2) is 18.2 Å². The van der Waals surface area contributed by atoms with Crippen LogP contribution in [0, 0.1) is 13.8 Å². The Morgan fingerprint density at radius 3 is 2.77 bits per heavy atom. The molecule has 0 aliphatic heterocycles. The van der Waals surface area contributed by atoms with Crippen molar-refractivity contribution in [2.45, 2.75) is 20.3 Å². The van der Waals surface area contributed by atoms with Gasteiger partial charge in [0.25, 0.3) is 0 Å². The van der Waals surface area contributed by atoms with Gasteiger partial charge in [-0.05, 0) is 37.5 Å². The van der Waals surface area contributed by atoms with E-state index in [2.05, 4.69) is 37.4 Å². The van der Waals surface area contributed by atoms with Gasteiger partial charge in [0.05, 0.1) is 0 Å². The third-order valence-electron chi connectivity index (χ3n) is 2.02. The van der Waals surface area contributed by atoms with E-state index in [1.54, 1.807) is 0 Å². The zero-order valence-corrected chi connectivity index (χ0v) is 8.99. The van der Waals surface area contributed by atoms with E-state index in [1.165, 1.54) is 16.8 Å². The van der Waals surface area contributed by atoms with Crippen molar-refractivity contribution in [3.8, 4) is 0 Å². The fraction of sp³-hybridized carbons (Fsp3) is 0.455. The third kappa shape index (κ3) is 3.27. The summed E-state index contributed by atoms with van der Waals surface area (Å²) in [6, 6.07) is 6.43. The molecular formula is C11H16ClN. The molecule has 0 saturated heterocycles. The van der Waals surface area contributed by atoms with Gasteiger partial charge in [0, 0.05) is 18.1 Å². The molecule has 0 fully saturated rings. The monoisotopic (exact) mass is 197 g/mol. The summed E-state index contributed by atoms with van der Waals surface area (Å²) < 4.78 is 0. The number of alkyl halides is 1. The van der Waals surface area contributed by atoms with Crippen LogP contribution in [0.2, 0.25) is 0 Å². The highest BCUT2D eigenvalue weighted by Gasteiger charge is 1.96. The van der Waals surface area contributed by atoms with Gasteiger partial charge >= 0.3 is 0 Å². The van der Waals surface area contributed by atoms with Gasteiger partial charge in [0.15, 0.2) is 0 Å². The molecule has 0 aliphatic rings. The molecule has 0 saturated carbocycles. The average molecular weight is 198 g/mol. The van der Waals surface area contributed by atoms with Crippen molar-refractivity contribution in [2.75, 3.05) is 17.7 Å². The lowest BCUT2D eigenvalue weighted by atomic mass is 10.1. The van der Waals surface area contributed by atoms with Crippen LogP contribution in [0.3, 0.4) is 0 Å². The zero-order valence-electron chi connectivity index (χ0n) is 8.23. The topological polar surface area (TPSA) is 12.0 Å². The van der Waals surface area contributed by atoms with Crippen LogP contribution in [-0.2, 0) is 0 Å². The summed E-state index contributed by atoms with van der Waals surface area (Å²) >= 11 is 5.60. The van der Waals surface area contributed by atoms with Crippen molar-refractivity contribution in [3.05, 3.63) is 29.3 Å². The molecular weight excluding hydrogens is 182 g/mol. The minimum atomic E-state index is 0.720. The number of nitrogens with one attached hydrogen (secondary N) is 1. The molecule has 1 rings (SSSR count). The van der Waals surface area contributed by atoms with Gasteiger partial charge in [-0.25, -0.2) is 0 Å². The summed E-state index contributed by atoms with van der Waals surface area (Å²) in [5, 5.41) is 3.37. The van der Waals surface area contributed by atoms with Crippen LogP contribution < -0.4 is 5.32 Å². The SMILES string of the molecule is Cc1ccc(C)c(NCCCCl)c1. The van der Waals surface area contributed by atoms with Gasteiger partial charge in [0.1, 0.15) is 0 Å². The zero-order chi connectivity index (χ0) is 9.68. The normalized spacial score (nSPS) is 10.1. The predicted molar refractivity (Wildman–Crippen MR) is 59.7 cm³/mol. The van der Waals surface area contributed by atoms with Crippen LogP contribution in [0.25, 0.3) is 0 Å². The molecule has 1 aromatic rings. The first-order chi connectivity index (χ1) is 6.24. The number of rotatable bonds is 4. The molecule has 1 aromatic carbocycles. The van der Waals surface area contributed by atoms with E-state index < -0.39 is 0 Å². The molecule has 2 heteroatoms. The molecule has 0 atom stereocenters. The molecule has 0 aromatic heterocycles. The molecule has 0 unspecified atom stereocenters. The lowest BCUT2D eigenvalue weighted by Crippen LogP contribution is -2.03. The maximum absolute atomic E-state index is 5.60. The standard InChI is InChI=1S/C11H16ClN/c1-9-4-5-10(2)11(8-9)13-7-3-6-12/h4-5,8,13H,3,6-7H2,1-2H3. The van der Waals surface area contributed by atoms with Crippen LogP contribution in [-0.4, -0.2) is 12.4 Å². The van der Waals surface area contributed by atoms with Gasteiger partial charge in [-0.3, -0.25) is 0 Å². The third-order valence-corrected chi connectivity index (χ3v) is 2.29. The second kappa shape index (κ2) is 5.13. The minimum Gasteiger partial charge on any atom is -0.385 e. The molecule has 0 spiro atoms. The van der Waals surface area contributed by atoms with Crippen LogP contribution in [0.5, 0.6) is 0 Å². The van der Waals surface area contributed by atoms with Gasteiger partial charge in [-0.2, -0.15) is 0 Å². The van der Waals surface area contributed by atoms with E-state index in [0.29, 0.717) is 0 Å². The lowest BCUT2D eigenvalue weighted by molar-refractivity contribution is 0.984. The maximum Gasteiger partial charge on any atom is 0.0372 e. The molecule has 13 heavy (non-hydrogen) atoms. The summed E-state index contributed by atoms with van der Waals surface area (Å²) in [4.78, 5) is 0. The van der Waals surface area contributed by atoms with Crippen molar-refractivity contribution in [1.82, 2.24) is 0 Å². The fourth-order valence-corrected chi connectivity index (χ4v) is 1.35. The van der Waals surface area contributed by atoms with Crippen molar-refractivity contribution >= 4 is 17.3 Å². The molecule has 1 nitrogen and oxygen atoms in total. The van der Waals surface area contributed by atoms with E-state index in [0.717, 1.165) is 18.8 Å². The van der Waals surface area contributed by atoms with Crippen LogP contribution in [0.1, 0.15) is 17.5 Å². The van der Waals surface area contributed by atoms with Gasteiger partial charge in [-0.1, -0.05) is 12.1 Å². The first-order valence-electron chi connectivity index (χ1n) is 4.61. The number of anilines is 1. The van der Waals surface area contributed by atoms with E-state index >= 15 is 0 Å². The largest absolute Gasteiger partial charge is 0.385 e. The molecule has 0 radical (unpaired) electrons. The first kappa shape index (κ1) is 10.4. The summed E-state index contributed by atoms with van der Waals surface area (Å²) in [5.74, 6) is 0.720. The Labute approximate surface area is 85.1 Å². The van der Waals surface area contributed by atoms with E-state index in [-0.39, 0.29) is 0 Å². The number of halogens is 1. The number of hydrogen-bond acceptors (Lipinski definition) is 1. The number of benzene rings is 1. The van der Waals surface area contributed by atoms with Crippen molar-refractivity contribution in [3.63, 3.8) is 0 Å². The molecule has 0 heterocycles.